The average molecular weight is 335 g/mol. The van der Waals surface area contributed by atoms with E-state index in [4.69, 9.17) is 4.74 Å². The van der Waals surface area contributed by atoms with E-state index < -0.39 is 11.2 Å². The Bertz CT molecular complexity index is 568. The number of aliphatic hydroxyl groups is 1. The van der Waals surface area contributed by atoms with Crippen molar-refractivity contribution in [3.8, 4) is 0 Å². The van der Waals surface area contributed by atoms with Gasteiger partial charge in [-0.2, -0.15) is 0 Å². The van der Waals surface area contributed by atoms with E-state index >= 15 is 0 Å². The molecule has 3 aliphatic carbocycles. The quantitative estimate of drug-likeness (QED) is 0.604. The number of carbonyl (C=O) groups is 1. The molecule has 0 aliphatic heterocycles. The van der Waals surface area contributed by atoms with Crippen molar-refractivity contribution in [2.75, 3.05) is 0 Å². The van der Waals surface area contributed by atoms with Gasteiger partial charge in [0, 0.05) is 12.8 Å². The number of esters is 1. The van der Waals surface area contributed by atoms with E-state index in [0.29, 0.717) is 18.3 Å². The summed E-state index contributed by atoms with van der Waals surface area (Å²) in [4.78, 5) is 13.0. The Balaban J connectivity index is 1.73. The van der Waals surface area contributed by atoms with Gasteiger partial charge in [-0.1, -0.05) is 39.3 Å². The van der Waals surface area contributed by atoms with Crippen LogP contribution < -0.4 is 0 Å². The van der Waals surface area contributed by atoms with Crippen LogP contribution in [0.4, 0.5) is 0 Å². The molecule has 0 radical (unpaired) electrons. The molecule has 24 heavy (non-hydrogen) atoms. The van der Waals surface area contributed by atoms with Crippen LogP contribution in [-0.2, 0) is 9.53 Å². The second-order valence-electron chi connectivity index (χ2n) is 10.7. The third-order valence-electron chi connectivity index (χ3n) is 6.12. The standard InChI is InChI=1S/C21H34O3/c1-14-7-15-9-19(5,23)13-21(8-14,10-15)24-17(22)20(6)12-16(20)11-18(2,3)4/h9,14,16,23H,7-8,10-13H2,1-6H3. The van der Waals surface area contributed by atoms with Crippen molar-refractivity contribution in [1.82, 2.24) is 0 Å². The molecule has 2 fully saturated rings. The van der Waals surface area contributed by atoms with Crippen LogP contribution in [0.25, 0.3) is 0 Å². The Hall–Kier alpha value is -0.830. The minimum atomic E-state index is -0.858. The highest BCUT2D eigenvalue weighted by Gasteiger charge is 2.60. The zero-order valence-corrected chi connectivity index (χ0v) is 16.2. The summed E-state index contributed by atoms with van der Waals surface area (Å²) in [6.45, 7) is 12.8. The molecule has 5 atom stereocenters. The minimum Gasteiger partial charge on any atom is -0.458 e. The molecule has 2 saturated carbocycles. The minimum absolute atomic E-state index is 0.0390. The SMILES string of the molecule is CC1CC2=CC(C)(O)CC(OC(=O)C3(C)CC3CC(C)(C)C)(C2)C1. The summed E-state index contributed by atoms with van der Waals surface area (Å²) in [6.07, 6.45) is 7.21. The zero-order chi connectivity index (χ0) is 18.0. The lowest BCUT2D eigenvalue weighted by atomic mass is 9.66. The number of fused-ring (bicyclic) bond motifs is 2. The first kappa shape index (κ1) is 18.0. The van der Waals surface area contributed by atoms with Crippen molar-refractivity contribution in [3.63, 3.8) is 0 Å². The summed E-state index contributed by atoms with van der Waals surface area (Å²) in [7, 11) is 0. The molecule has 0 amide bonds. The summed E-state index contributed by atoms with van der Waals surface area (Å²) in [5, 5.41) is 10.6. The van der Waals surface area contributed by atoms with Crippen LogP contribution in [0.5, 0.6) is 0 Å². The highest BCUT2D eigenvalue weighted by molar-refractivity contribution is 5.80. The van der Waals surface area contributed by atoms with Crippen LogP contribution in [-0.4, -0.2) is 22.3 Å². The maximum Gasteiger partial charge on any atom is 0.312 e. The fourth-order valence-corrected chi connectivity index (χ4v) is 5.27. The zero-order valence-electron chi connectivity index (χ0n) is 16.2. The van der Waals surface area contributed by atoms with Gasteiger partial charge in [0.25, 0.3) is 0 Å². The van der Waals surface area contributed by atoms with Gasteiger partial charge < -0.3 is 9.84 Å². The van der Waals surface area contributed by atoms with E-state index in [9.17, 15) is 9.90 Å². The van der Waals surface area contributed by atoms with Crippen LogP contribution in [0.2, 0.25) is 0 Å². The molecule has 2 bridgehead atoms. The van der Waals surface area contributed by atoms with Crippen molar-refractivity contribution < 1.29 is 14.6 Å². The van der Waals surface area contributed by atoms with Crippen LogP contribution in [0, 0.1) is 22.7 Å². The lowest BCUT2D eigenvalue weighted by Gasteiger charge is -2.47. The molecule has 3 nitrogen and oxygen atoms in total. The van der Waals surface area contributed by atoms with Crippen molar-refractivity contribution >= 4 is 5.97 Å². The van der Waals surface area contributed by atoms with Crippen molar-refractivity contribution in [1.29, 1.82) is 0 Å². The first-order valence-corrected chi connectivity index (χ1v) is 9.49. The molecule has 3 aliphatic rings. The number of ether oxygens (including phenoxy) is 1. The molecule has 0 aromatic rings. The third-order valence-corrected chi connectivity index (χ3v) is 6.12. The Morgan fingerprint density at radius 2 is 2.00 bits per heavy atom. The van der Waals surface area contributed by atoms with E-state index in [-0.39, 0.29) is 16.8 Å². The van der Waals surface area contributed by atoms with Crippen LogP contribution in [0.1, 0.15) is 80.1 Å². The van der Waals surface area contributed by atoms with Crippen molar-refractivity contribution in [2.24, 2.45) is 22.7 Å². The Morgan fingerprint density at radius 1 is 1.33 bits per heavy atom. The van der Waals surface area contributed by atoms with Gasteiger partial charge in [-0.3, -0.25) is 4.79 Å². The van der Waals surface area contributed by atoms with Crippen LogP contribution in [0.3, 0.4) is 0 Å². The molecule has 136 valence electrons. The lowest BCUT2D eigenvalue weighted by molar-refractivity contribution is -0.177. The summed E-state index contributed by atoms with van der Waals surface area (Å²) >= 11 is 0. The van der Waals surface area contributed by atoms with Gasteiger partial charge in [-0.05, 0) is 56.8 Å². The second-order valence-corrected chi connectivity index (χ2v) is 10.7. The number of hydrogen-bond donors (Lipinski definition) is 1. The van der Waals surface area contributed by atoms with Crippen molar-refractivity contribution in [2.45, 2.75) is 91.3 Å². The smallest absolute Gasteiger partial charge is 0.312 e. The molecule has 0 spiro atoms. The Morgan fingerprint density at radius 3 is 2.62 bits per heavy atom. The molecule has 0 saturated heterocycles. The summed E-state index contributed by atoms with van der Waals surface area (Å²) in [5.74, 6) is 0.899. The molecule has 3 rings (SSSR count). The monoisotopic (exact) mass is 334 g/mol. The van der Waals surface area contributed by atoms with E-state index in [1.165, 1.54) is 5.57 Å². The van der Waals surface area contributed by atoms with Gasteiger partial charge in [-0.15, -0.1) is 0 Å². The molecular weight excluding hydrogens is 300 g/mol. The highest BCUT2D eigenvalue weighted by Crippen LogP contribution is 2.59. The first-order chi connectivity index (χ1) is 10.8. The van der Waals surface area contributed by atoms with E-state index in [1.54, 1.807) is 0 Å². The average Bonchev–Trinajstić information content (AvgIpc) is 2.94. The Labute approximate surface area is 146 Å². The molecule has 0 aromatic heterocycles. The number of rotatable bonds is 3. The largest absolute Gasteiger partial charge is 0.458 e. The number of hydrogen-bond acceptors (Lipinski definition) is 3. The highest BCUT2D eigenvalue weighted by atomic mass is 16.6. The summed E-state index contributed by atoms with van der Waals surface area (Å²) in [5.41, 5.74) is -0.186. The first-order valence-electron chi connectivity index (χ1n) is 9.49. The molecule has 3 heteroatoms. The van der Waals surface area contributed by atoms with Gasteiger partial charge in [0.1, 0.15) is 5.60 Å². The predicted octanol–water partition coefficient (Wildman–Crippen LogP) is 4.63. The normalized spacial score (nSPS) is 44.7. The topological polar surface area (TPSA) is 46.5 Å². The van der Waals surface area contributed by atoms with E-state index in [2.05, 4.69) is 34.6 Å². The molecular formula is C21H34O3. The third kappa shape index (κ3) is 3.56. The summed E-state index contributed by atoms with van der Waals surface area (Å²) < 4.78 is 6.19. The van der Waals surface area contributed by atoms with Crippen LogP contribution in [0.15, 0.2) is 11.6 Å². The number of carbonyl (C=O) groups excluding carboxylic acids is 1. The Kier molecular flexibility index (Phi) is 3.99. The second kappa shape index (κ2) is 5.33. The fourth-order valence-electron chi connectivity index (χ4n) is 5.27. The van der Waals surface area contributed by atoms with Crippen molar-refractivity contribution in [3.05, 3.63) is 11.6 Å². The molecule has 5 unspecified atom stereocenters. The van der Waals surface area contributed by atoms with Gasteiger partial charge in [-0.25, -0.2) is 0 Å². The molecule has 1 N–H and O–H groups in total. The lowest BCUT2D eigenvalue weighted by Crippen LogP contribution is -2.50. The van der Waals surface area contributed by atoms with E-state index in [1.807, 2.05) is 13.0 Å². The maximum absolute atomic E-state index is 13.0. The molecule has 0 heterocycles. The maximum atomic E-state index is 13.0. The fraction of sp³-hybridized carbons (Fsp3) is 0.857. The van der Waals surface area contributed by atoms with Gasteiger partial charge >= 0.3 is 5.97 Å². The van der Waals surface area contributed by atoms with E-state index in [0.717, 1.165) is 32.1 Å². The molecule has 0 aromatic carbocycles. The van der Waals surface area contributed by atoms with Crippen LogP contribution >= 0.6 is 0 Å². The van der Waals surface area contributed by atoms with Gasteiger partial charge in [0.05, 0.1) is 11.0 Å². The van der Waals surface area contributed by atoms with Gasteiger partial charge in [0.15, 0.2) is 0 Å². The van der Waals surface area contributed by atoms with Gasteiger partial charge in [0.2, 0.25) is 0 Å². The predicted molar refractivity (Wildman–Crippen MR) is 95.4 cm³/mol. The summed E-state index contributed by atoms with van der Waals surface area (Å²) in [6, 6.07) is 0.